The Bertz CT molecular complexity index is 581. The van der Waals surface area contributed by atoms with E-state index >= 15 is 0 Å². The summed E-state index contributed by atoms with van der Waals surface area (Å²) in [6.45, 7) is 1.71. The maximum atomic E-state index is 5.43. The number of methoxy groups -OCH3 is 1. The maximum Gasteiger partial charge on any atom is 0.147 e. The van der Waals surface area contributed by atoms with Gasteiger partial charge in [-0.2, -0.15) is 0 Å². The number of hydrogen-bond acceptors (Lipinski definition) is 5. The molecule has 0 aromatic carbocycles. The Morgan fingerprint density at radius 2 is 1.59 bits per heavy atom. The molecule has 0 saturated heterocycles. The summed E-state index contributed by atoms with van der Waals surface area (Å²) in [4.78, 5) is 9.11. The van der Waals surface area contributed by atoms with Crippen molar-refractivity contribution in [3.8, 4) is 11.4 Å². The van der Waals surface area contributed by atoms with Crippen LogP contribution in [-0.4, -0.2) is 37.1 Å². The fourth-order valence-electron chi connectivity index (χ4n) is 1.81. The second kappa shape index (κ2) is 9.63. The largest absolute Gasteiger partial charge is 0.382 e. The van der Waals surface area contributed by atoms with E-state index in [1.807, 2.05) is 36.4 Å². The molecule has 2 aromatic heterocycles. The molecular weight excluding hydrogens is 348 g/mol. The van der Waals surface area contributed by atoms with Crippen molar-refractivity contribution in [2.24, 2.45) is 0 Å². The van der Waals surface area contributed by atoms with Gasteiger partial charge in [0.1, 0.15) is 6.79 Å². The molecule has 0 N–H and O–H groups in total. The Balaban J connectivity index is 1.92. The Kier molecular flexibility index (Phi) is 7.45. The van der Waals surface area contributed by atoms with Crippen LogP contribution in [0.2, 0.25) is 0 Å². The highest BCUT2D eigenvalue weighted by Crippen LogP contribution is 2.16. The molecule has 0 spiro atoms. The molecule has 0 amide bonds. The van der Waals surface area contributed by atoms with Crippen molar-refractivity contribution in [1.82, 2.24) is 9.97 Å². The Morgan fingerprint density at radius 3 is 2.27 bits per heavy atom. The zero-order chi connectivity index (χ0) is 15.6. The zero-order valence-corrected chi connectivity index (χ0v) is 14.1. The van der Waals surface area contributed by atoms with Gasteiger partial charge in [0.05, 0.1) is 42.6 Å². The predicted octanol–water partition coefficient (Wildman–Crippen LogP) is 3.18. The average molecular weight is 367 g/mol. The molecule has 2 rings (SSSR count). The quantitative estimate of drug-likeness (QED) is 0.387. The van der Waals surface area contributed by atoms with Crippen molar-refractivity contribution in [2.75, 3.05) is 27.1 Å². The third kappa shape index (κ3) is 5.46. The van der Waals surface area contributed by atoms with E-state index in [0.717, 1.165) is 28.1 Å². The zero-order valence-electron chi connectivity index (χ0n) is 12.5. The van der Waals surface area contributed by atoms with Gasteiger partial charge in [-0.1, -0.05) is 28.1 Å². The summed E-state index contributed by atoms with van der Waals surface area (Å²) in [5.41, 5.74) is 3.52. The number of alkyl halides is 1. The van der Waals surface area contributed by atoms with Crippen LogP contribution >= 0.6 is 15.9 Å². The van der Waals surface area contributed by atoms with Gasteiger partial charge in [0.15, 0.2) is 0 Å². The van der Waals surface area contributed by atoms with Gasteiger partial charge in [0.2, 0.25) is 0 Å². The van der Waals surface area contributed by atoms with E-state index < -0.39 is 0 Å². The number of halogens is 1. The van der Waals surface area contributed by atoms with Crippen LogP contribution in [0.4, 0.5) is 0 Å². The molecule has 6 heteroatoms. The molecule has 0 radical (unpaired) electrons. The first-order valence-corrected chi connectivity index (χ1v) is 8.08. The third-order valence-corrected chi connectivity index (χ3v) is 3.44. The minimum absolute atomic E-state index is 0.229. The number of aromatic nitrogens is 2. The lowest BCUT2D eigenvalue weighted by atomic mass is 10.2. The Morgan fingerprint density at radius 1 is 0.909 bits per heavy atom. The summed E-state index contributed by atoms with van der Waals surface area (Å²) in [5, 5.41) is 0.725. The first-order chi connectivity index (χ1) is 10.8. The molecule has 2 heterocycles. The van der Waals surface area contributed by atoms with E-state index in [2.05, 4.69) is 25.9 Å². The summed E-state index contributed by atoms with van der Waals surface area (Å²) in [6, 6.07) is 11.7. The summed E-state index contributed by atoms with van der Waals surface area (Å²) in [7, 11) is 1.64. The highest BCUT2D eigenvalue weighted by atomic mass is 79.9. The normalized spacial score (nSPS) is 10.8. The van der Waals surface area contributed by atoms with E-state index in [1.54, 1.807) is 7.11 Å². The minimum Gasteiger partial charge on any atom is -0.382 e. The highest BCUT2D eigenvalue weighted by molar-refractivity contribution is 9.08. The van der Waals surface area contributed by atoms with Crippen molar-refractivity contribution in [2.45, 2.75) is 11.9 Å². The fraction of sp³-hybridized carbons (Fsp3) is 0.375. The van der Waals surface area contributed by atoms with Crippen LogP contribution in [0.5, 0.6) is 0 Å². The smallest absolute Gasteiger partial charge is 0.147 e. The third-order valence-electron chi connectivity index (χ3n) is 2.86. The van der Waals surface area contributed by atoms with E-state index in [9.17, 15) is 0 Å². The van der Waals surface area contributed by atoms with Crippen LogP contribution in [0, 0.1) is 0 Å². The van der Waals surface area contributed by atoms with Crippen molar-refractivity contribution < 1.29 is 14.2 Å². The topological polar surface area (TPSA) is 53.5 Å². The van der Waals surface area contributed by atoms with E-state index in [1.165, 1.54) is 0 Å². The van der Waals surface area contributed by atoms with Crippen LogP contribution in [-0.2, 0) is 26.1 Å². The van der Waals surface area contributed by atoms with Crippen molar-refractivity contribution in [1.29, 1.82) is 0 Å². The van der Waals surface area contributed by atoms with Crippen molar-refractivity contribution in [3.63, 3.8) is 0 Å². The van der Waals surface area contributed by atoms with E-state index in [4.69, 9.17) is 14.2 Å². The summed E-state index contributed by atoms with van der Waals surface area (Å²) >= 11 is 3.41. The number of hydrogen-bond donors (Lipinski definition) is 0. The lowest BCUT2D eigenvalue weighted by molar-refractivity contribution is -0.0732. The summed E-state index contributed by atoms with van der Waals surface area (Å²) in [5.74, 6) is 0. The van der Waals surface area contributed by atoms with E-state index in [0.29, 0.717) is 19.8 Å². The Hall–Kier alpha value is -1.34. The lowest BCUT2D eigenvalue weighted by Crippen LogP contribution is -2.06. The fourth-order valence-corrected chi connectivity index (χ4v) is 2.12. The first-order valence-electron chi connectivity index (χ1n) is 6.96. The maximum absolute atomic E-state index is 5.43. The minimum atomic E-state index is 0.229. The lowest BCUT2D eigenvalue weighted by Gasteiger charge is -2.07. The number of pyridine rings is 2. The number of nitrogens with zero attached hydrogens (tertiary/aromatic N) is 2. The molecule has 5 nitrogen and oxygen atoms in total. The summed E-state index contributed by atoms with van der Waals surface area (Å²) in [6.07, 6.45) is 0. The van der Waals surface area contributed by atoms with Gasteiger partial charge in [-0.05, 0) is 24.3 Å². The molecule has 0 saturated carbocycles. The second-order valence-electron chi connectivity index (χ2n) is 4.53. The van der Waals surface area contributed by atoms with Gasteiger partial charge >= 0.3 is 0 Å². The molecule has 0 atom stereocenters. The van der Waals surface area contributed by atoms with Crippen LogP contribution < -0.4 is 0 Å². The van der Waals surface area contributed by atoms with Crippen LogP contribution in [0.1, 0.15) is 11.4 Å². The van der Waals surface area contributed by atoms with Gasteiger partial charge in [-0.15, -0.1) is 0 Å². The molecule has 0 aliphatic heterocycles. The molecule has 0 bridgehead atoms. The van der Waals surface area contributed by atoms with Gasteiger partial charge in [-0.3, -0.25) is 4.98 Å². The van der Waals surface area contributed by atoms with Gasteiger partial charge < -0.3 is 14.2 Å². The monoisotopic (exact) mass is 366 g/mol. The molecular formula is C16H19BrN2O3. The molecule has 0 aliphatic rings. The average Bonchev–Trinajstić information content (AvgIpc) is 2.58. The number of rotatable bonds is 9. The molecule has 22 heavy (non-hydrogen) atoms. The predicted molar refractivity (Wildman–Crippen MR) is 87.6 cm³/mol. The van der Waals surface area contributed by atoms with Crippen LogP contribution in [0.3, 0.4) is 0 Å². The SMILES string of the molecule is COCCOCOCc1cccc(-c2cccc(CBr)n2)n1. The molecule has 118 valence electrons. The second-order valence-corrected chi connectivity index (χ2v) is 5.09. The molecule has 0 fully saturated rings. The Labute approximate surface area is 138 Å². The molecule has 0 unspecified atom stereocenters. The van der Waals surface area contributed by atoms with Crippen LogP contribution in [0.15, 0.2) is 36.4 Å². The first kappa shape index (κ1) is 17.0. The van der Waals surface area contributed by atoms with Gasteiger partial charge in [0.25, 0.3) is 0 Å². The van der Waals surface area contributed by atoms with Gasteiger partial charge in [-0.25, -0.2) is 4.98 Å². The van der Waals surface area contributed by atoms with Crippen LogP contribution in [0.25, 0.3) is 11.4 Å². The molecule has 2 aromatic rings. The van der Waals surface area contributed by atoms with Crippen molar-refractivity contribution in [3.05, 3.63) is 47.8 Å². The summed E-state index contributed by atoms with van der Waals surface area (Å²) < 4.78 is 15.6. The number of ether oxygens (including phenoxy) is 3. The highest BCUT2D eigenvalue weighted by Gasteiger charge is 2.04. The van der Waals surface area contributed by atoms with Gasteiger partial charge in [0, 0.05) is 12.4 Å². The molecule has 0 aliphatic carbocycles. The standard InChI is InChI=1S/C16H19BrN2O3/c1-20-8-9-21-12-22-11-14-5-3-7-16(19-14)15-6-2-4-13(10-17)18-15/h2-7H,8-12H2,1H3. The van der Waals surface area contributed by atoms with E-state index in [-0.39, 0.29) is 6.79 Å². The van der Waals surface area contributed by atoms with Crippen molar-refractivity contribution >= 4 is 15.9 Å².